The SMILES string of the molecule is CC[N+](CC)(CC)C/C=C(/C)O[Si](c1c(F)c(F)c(F)c(F)c1F)(c1c(F)c(F)c(F)c(F)c1F)c1c(F)c(F)c(F)c(F)c1F.O=S(=O)([O-])C(F)(F)F. The van der Waals surface area contributed by atoms with Crippen molar-refractivity contribution in [3.8, 4) is 0 Å². The fourth-order valence-electron chi connectivity index (χ4n) is 4.93. The molecule has 0 amide bonds. The molecule has 0 N–H and O–H groups in total. The first-order valence-electron chi connectivity index (χ1n) is 14.3. The Morgan fingerprint density at radius 1 is 0.556 bits per heavy atom. The Morgan fingerprint density at radius 3 is 0.944 bits per heavy atom. The number of hydrogen-bond acceptors (Lipinski definition) is 4. The smallest absolute Gasteiger partial charge is 0.485 e. The summed E-state index contributed by atoms with van der Waals surface area (Å²) in [5.74, 6) is -46.9. The van der Waals surface area contributed by atoms with Gasteiger partial charge in [-0.15, -0.1) is 0 Å². The number of likely N-dealkylation sites (N-methyl/N-ethyl adjacent to an activating group) is 1. The predicted octanol–water partition coefficient (Wildman–Crippen LogP) is 6.59. The number of allylic oxidation sites excluding steroid dienone is 1. The van der Waals surface area contributed by atoms with E-state index in [-0.39, 0.29) is 11.0 Å². The average Bonchev–Trinajstić information content (AvgIpc) is 3.10. The number of rotatable bonds is 10. The van der Waals surface area contributed by atoms with Crippen molar-refractivity contribution >= 4 is 34.0 Å². The predicted molar refractivity (Wildman–Crippen MR) is 151 cm³/mol. The van der Waals surface area contributed by atoms with Crippen molar-refractivity contribution in [3.63, 3.8) is 0 Å². The Balaban J connectivity index is 0.00000113. The van der Waals surface area contributed by atoms with Gasteiger partial charge in [-0.3, -0.25) is 0 Å². The first kappa shape index (κ1) is 46.2. The van der Waals surface area contributed by atoms with E-state index in [1.54, 1.807) is 20.8 Å². The molecule has 0 unspecified atom stereocenters. The van der Waals surface area contributed by atoms with Crippen LogP contribution in [0.25, 0.3) is 0 Å². The quantitative estimate of drug-likeness (QED) is 0.0266. The largest absolute Gasteiger partial charge is 0.741 e. The Hall–Kier alpha value is -3.97. The van der Waals surface area contributed by atoms with Crippen LogP contribution in [0.3, 0.4) is 0 Å². The average molecular weight is 850 g/mol. The molecule has 0 saturated carbocycles. The Labute approximate surface area is 293 Å². The van der Waals surface area contributed by atoms with Gasteiger partial charge in [0.25, 0.3) is 0 Å². The van der Waals surface area contributed by atoms with Crippen molar-refractivity contribution in [2.24, 2.45) is 0 Å². The van der Waals surface area contributed by atoms with Gasteiger partial charge in [0.05, 0.1) is 41.0 Å². The van der Waals surface area contributed by atoms with E-state index in [0.29, 0.717) is 19.6 Å². The molecule has 0 aliphatic carbocycles. The van der Waals surface area contributed by atoms with Gasteiger partial charge in [-0.1, -0.05) is 0 Å². The van der Waals surface area contributed by atoms with Gasteiger partial charge >= 0.3 is 13.8 Å². The van der Waals surface area contributed by atoms with Crippen molar-refractivity contribution < 1.29 is 101 Å². The van der Waals surface area contributed by atoms with Gasteiger partial charge in [-0.05, 0) is 27.7 Å². The summed E-state index contributed by atoms with van der Waals surface area (Å²) < 4.78 is 287. The minimum absolute atomic E-state index is 0.114. The normalized spacial score (nSPS) is 12.9. The maximum Gasteiger partial charge on any atom is 0.485 e. The van der Waals surface area contributed by atoms with Crippen LogP contribution >= 0.6 is 0 Å². The molecule has 3 rings (SSSR count). The van der Waals surface area contributed by atoms with Crippen LogP contribution in [0.1, 0.15) is 27.7 Å². The van der Waals surface area contributed by atoms with Crippen LogP contribution in [0.2, 0.25) is 0 Å². The molecule has 0 heterocycles. The summed E-state index contributed by atoms with van der Waals surface area (Å²) in [5.41, 5.74) is -5.65. The maximum atomic E-state index is 15.5. The highest BCUT2D eigenvalue weighted by molar-refractivity contribution is 7.86. The molecule has 54 heavy (non-hydrogen) atoms. The zero-order valence-electron chi connectivity index (χ0n) is 27.2. The van der Waals surface area contributed by atoms with Gasteiger partial charge < -0.3 is 13.5 Å². The molecule has 25 heteroatoms. The molecule has 0 fully saturated rings. The summed E-state index contributed by atoms with van der Waals surface area (Å²) in [7, 11) is -13.5. The van der Waals surface area contributed by atoms with Gasteiger partial charge in [-0.25, -0.2) is 74.3 Å². The zero-order valence-corrected chi connectivity index (χ0v) is 29.0. The molecule has 0 saturated heterocycles. The summed E-state index contributed by atoms with van der Waals surface area (Å²) in [6, 6.07) is 0. The summed E-state index contributed by atoms with van der Waals surface area (Å²) >= 11 is 0. The zero-order chi connectivity index (χ0) is 42.2. The van der Waals surface area contributed by atoms with Crippen LogP contribution < -0.4 is 15.6 Å². The van der Waals surface area contributed by atoms with Crippen LogP contribution in [0.15, 0.2) is 11.8 Å². The molecule has 0 atom stereocenters. The standard InChI is InChI=1S/C28H21F15NOSi.CHF3O3S/c1-5-44(6-2,7-3)9-8-10(4)45-46(26-20(38)14(32)11(29)15(33)21(26)39,27-22(40)16(34)12(30)17(35)23(27)41)28-24(42)18(36)13(31)19(37)25(28)43;2-1(3,4)8(5,6)7/h8H,5-7,9H2,1-4H3;(H,5,6,7)/q+1;/p-1/b10-8-;. The highest BCUT2D eigenvalue weighted by atomic mass is 32.2. The summed E-state index contributed by atoms with van der Waals surface area (Å²) in [4.78, 5) is 0. The topological polar surface area (TPSA) is 66.4 Å². The van der Waals surface area contributed by atoms with Crippen LogP contribution in [-0.4, -0.2) is 57.5 Å². The third kappa shape index (κ3) is 8.03. The van der Waals surface area contributed by atoms with Gasteiger partial charge in [0.2, 0.25) is 17.5 Å². The molecule has 0 spiro atoms. The second-order valence-corrected chi connectivity index (χ2v) is 15.2. The second-order valence-electron chi connectivity index (χ2n) is 10.8. The van der Waals surface area contributed by atoms with E-state index in [4.69, 9.17) is 17.4 Å². The summed E-state index contributed by atoms with van der Waals surface area (Å²) in [5, 5.41) is -8.24. The monoisotopic (exact) mass is 849 g/mol. The number of alkyl halides is 3. The molecule has 302 valence electrons. The van der Waals surface area contributed by atoms with E-state index in [2.05, 4.69) is 0 Å². The molecular weight excluding hydrogens is 828 g/mol. The van der Waals surface area contributed by atoms with Gasteiger partial charge in [0, 0.05) is 6.08 Å². The third-order valence-electron chi connectivity index (χ3n) is 8.06. The van der Waals surface area contributed by atoms with Crippen molar-refractivity contribution in [2.45, 2.75) is 33.2 Å². The summed E-state index contributed by atoms with van der Waals surface area (Å²) in [6.07, 6.45) is 0.905. The number of benzene rings is 3. The number of hydrogen-bond donors (Lipinski definition) is 0. The molecule has 5 nitrogen and oxygen atoms in total. The van der Waals surface area contributed by atoms with Crippen molar-refractivity contribution in [1.29, 1.82) is 0 Å². The fourth-order valence-corrected chi connectivity index (χ4v) is 9.07. The molecular formula is C29H21F18NO4SSi. The third-order valence-corrected chi connectivity index (χ3v) is 12.7. The first-order valence-corrected chi connectivity index (χ1v) is 17.7. The Kier molecular flexibility index (Phi) is 14.0. The molecule has 0 radical (unpaired) electrons. The van der Waals surface area contributed by atoms with E-state index in [0.717, 1.165) is 13.0 Å². The van der Waals surface area contributed by atoms with Crippen molar-refractivity contribution in [2.75, 3.05) is 26.2 Å². The number of nitrogens with zero attached hydrogens (tertiary/aromatic N) is 1. The lowest BCUT2D eigenvalue weighted by molar-refractivity contribution is -0.917. The van der Waals surface area contributed by atoms with Crippen molar-refractivity contribution in [3.05, 3.63) is 99.1 Å². The van der Waals surface area contributed by atoms with E-state index in [1.807, 2.05) is 0 Å². The maximum absolute atomic E-state index is 15.5. The molecule has 0 aromatic heterocycles. The van der Waals surface area contributed by atoms with Gasteiger partial charge in [-0.2, -0.15) is 13.2 Å². The minimum Gasteiger partial charge on any atom is -0.741 e. The summed E-state index contributed by atoms with van der Waals surface area (Å²) in [6.45, 7) is 6.56. The van der Waals surface area contributed by atoms with E-state index >= 15 is 26.3 Å². The second kappa shape index (κ2) is 16.4. The Bertz CT molecular complexity index is 1820. The van der Waals surface area contributed by atoms with Gasteiger partial charge in [0.15, 0.2) is 79.9 Å². The van der Waals surface area contributed by atoms with E-state index in [1.165, 1.54) is 0 Å². The lowest BCUT2D eigenvalue weighted by Crippen LogP contribution is -2.75. The lowest BCUT2D eigenvalue weighted by atomic mass is 10.3. The number of quaternary nitrogens is 1. The Morgan fingerprint density at radius 2 is 0.759 bits per heavy atom. The lowest BCUT2D eigenvalue weighted by Gasteiger charge is -2.37. The minimum atomic E-state index is -7.40. The fraction of sp³-hybridized carbons (Fsp3) is 0.310. The van der Waals surface area contributed by atoms with E-state index < -0.39 is 133 Å². The van der Waals surface area contributed by atoms with Crippen LogP contribution in [-0.2, 0) is 14.5 Å². The first-order chi connectivity index (χ1) is 24.6. The van der Waals surface area contributed by atoms with Crippen LogP contribution in [0, 0.1) is 87.3 Å². The molecule has 0 aliphatic rings. The molecule has 0 bridgehead atoms. The molecule has 3 aromatic rings. The van der Waals surface area contributed by atoms with Crippen LogP contribution in [0.4, 0.5) is 79.0 Å². The molecule has 3 aromatic carbocycles. The van der Waals surface area contributed by atoms with Crippen LogP contribution in [0.5, 0.6) is 0 Å². The van der Waals surface area contributed by atoms with Crippen molar-refractivity contribution in [1.82, 2.24) is 0 Å². The highest BCUT2D eigenvalue weighted by Crippen LogP contribution is 2.30. The highest BCUT2D eigenvalue weighted by Gasteiger charge is 2.59. The molecule has 0 aliphatic heterocycles. The van der Waals surface area contributed by atoms with E-state index in [9.17, 15) is 52.7 Å². The van der Waals surface area contributed by atoms with Gasteiger partial charge in [0.1, 0.15) is 6.54 Å². The number of halogens is 18.